The minimum Gasteiger partial charge on any atom is -0.491 e. The van der Waals surface area contributed by atoms with Crippen LogP contribution in [-0.4, -0.2) is 15.5 Å². The Bertz CT molecular complexity index is 876. The molecule has 4 nitrogen and oxygen atoms in total. The van der Waals surface area contributed by atoms with E-state index in [1.807, 2.05) is 48.6 Å². The summed E-state index contributed by atoms with van der Waals surface area (Å²) in [7, 11) is 0. The quantitative estimate of drug-likeness (QED) is 0.709. The molecule has 2 aromatic heterocycles. The Morgan fingerprint density at radius 1 is 1.22 bits per heavy atom. The fraction of sp³-hybridized carbons (Fsp3) is 0.222. The fourth-order valence-electron chi connectivity index (χ4n) is 2.51. The van der Waals surface area contributed by atoms with Gasteiger partial charge in [-0.05, 0) is 50.2 Å². The first kappa shape index (κ1) is 15.4. The van der Waals surface area contributed by atoms with Gasteiger partial charge < -0.3 is 9.14 Å². The molecular weight excluding hydrogens is 310 g/mol. The zero-order chi connectivity index (χ0) is 16.4. The Morgan fingerprint density at radius 2 is 1.96 bits per heavy atom. The molecule has 0 radical (unpaired) electrons. The van der Waals surface area contributed by atoms with E-state index < -0.39 is 0 Å². The van der Waals surface area contributed by atoms with Crippen LogP contribution in [0.3, 0.4) is 0 Å². The topological polar surface area (TPSA) is 50.3 Å². The number of imidazole rings is 1. The van der Waals surface area contributed by atoms with Gasteiger partial charge in [0.1, 0.15) is 11.4 Å². The van der Waals surface area contributed by atoms with Crippen LogP contribution in [0.15, 0.2) is 42.6 Å². The first-order valence-electron chi connectivity index (χ1n) is 7.39. The van der Waals surface area contributed by atoms with Crippen molar-refractivity contribution in [2.45, 2.75) is 26.4 Å². The number of ether oxygens (including phenoxy) is 1. The summed E-state index contributed by atoms with van der Waals surface area (Å²) in [6.45, 7) is 3.98. The second kappa shape index (κ2) is 6.31. The van der Waals surface area contributed by atoms with E-state index >= 15 is 0 Å². The minimum atomic E-state index is 0.132. The van der Waals surface area contributed by atoms with Crippen LogP contribution in [0.2, 0.25) is 5.02 Å². The lowest BCUT2D eigenvalue weighted by Gasteiger charge is -2.09. The molecule has 0 aliphatic carbocycles. The summed E-state index contributed by atoms with van der Waals surface area (Å²) in [5.74, 6) is 0.817. The van der Waals surface area contributed by atoms with Crippen LogP contribution in [0.5, 0.6) is 5.75 Å². The van der Waals surface area contributed by atoms with Crippen LogP contribution in [0.4, 0.5) is 0 Å². The van der Waals surface area contributed by atoms with Crippen LogP contribution in [0, 0.1) is 11.3 Å². The van der Waals surface area contributed by atoms with Crippen molar-refractivity contribution in [1.29, 1.82) is 5.26 Å². The number of halogens is 1. The average molecular weight is 326 g/mol. The Labute approximate surface area is 139 Å². The number of hydrogen-bond acceptors (Lipinski definition) is 3. The molecule has 0 N–H and O–H groups in total. The van der Waals surface area contributed by atoms with Gasteiger partial charge in [0, 0.05) is 11.8 Å². The lowest BCUT2D eigenvalue weighted by atomic mass is 10.1. The molecular formula is C18H16ClN3O. The molecule has 3 aromatic rings. The maximum Gasteiger partial charge on any atom is 0.137 e. The Kier molecular flexibility index (Phi) is 4.22. The van der Waals surface area contributed by atoms with Crippen LogP contribution in [-0.2, 0) is 6.42 Å². The van der Waals surface area contributed by atoms with Gasteiger partial charge in [-0.1, -0.05) is 11.6 Å². The first-order valence-corrected chi connectivity index (χ1v) is 7.77. The molecule has 2 heterocycles. The van der Waals surface area contributed by atoms with E-state index in [1.165, 1.54) is 0 Å². The summed E-state index contributed by atoms with van der Waals surface area (Å²) >= 11 is 6.07. The largest absolute Gasteiger partial charge is 0.491 e. The number of nitrogens with zero attached hydrogens (tertiary/aromatic N) is 3. The van der Waals surface area contributed by atoms with Crippen molar-refractivity contribution in [1.82, 2.24) is 9.38 Å². The number of aromatic nitrogens is 2. The number of benzene rings is 1. The van der Waals surface area contributed by atoms with Crippen molar-refractivity contribution in [2.75, 3.05) is 0 Å². The zero-order valence-electron chi connectivity index (χ0n) is 13.0. The van der Waals surface area contributed by atoms with Crippen LogP contribution in [0.25, 0.3) is 16.9 Å². The van der Waals surface area contributed by atoms with E-state index in [4.69, 9.17) is 21.6 Å². The monoisotopic (exact) mass is 325 g/mol. The molecule has 1 aromatic carbocycles. The summed E-state index contributed by atoms with van der Waals surface area (Å²) in [5.41, 5.74) is 3.36. The predicted molar refractivity (Wildman–Crippen MR) is 90.7 cm³/mol. The van der Waals surface area contributed by atoms with Gasteiger partial charge in [0.2, 0.25) is 0 Å². The number of fused-ring (bicyclic) bond motifs is 1. The SMILES string of the molecule is CC(C)Oc1ccc(-c2nc3ccc(Cl)cn3c2CC#N)cc1. The molecule has 0 saturated heterocycles. The molecule has 0 saturated carbocycles. The van der Waals surface area contributed by atoms with Crippen molar-refractivity contribution >= 4 is 17.2 Å². The molecule has 0 atom stereocenters. The van der Waals surface area contributed by atoms with Gasteiger partial charge in [-0.15, -0.1) is 0 Å². The van der Waals surface area contributed by atoms with Gasteiger partial charge in [-0.2, -0.15) is 5.26 Å². The highest BCUT2D eigenvalue weighted by molar-refractivity contribution is 6.30. The number of nitriles is 1. The third-order valence-electron chi connectivity index (χ3n) is 3.43. The highest BCUT2D eigenvalue weighted by Gasteiger charge is 2.14. The van der Waals surface area contributed by atoms with E-state index in [2.05, 4.69) is 11.1 Å². The molecule has 5 heteroatoms. The molecule has 0 amide bonds. The molecule has 0 fully saturated rings. The predicted octanol–water partition coefficient (Wildman–Crippen LogP) is 4.51. The maximum atomic E-state index is 9.14. The molecule has 0 unspecified atom stereocenters. The summed E-state index contributed by atoms with van der Waals surface area (Å²) in [6, 6.07) is 13.6. The van der Waals surface area contributed by atoms with E-state index in [1.54, 1.807) is 12.3 Å². The lowest BCUT2D eigenvalue weighted by molar-refractivity contribution is 0.242. The fourth-order valence-corrected chi connectivity index (χ4v) is 2.67. The van der Waals surface area contributed by atoms with Gasteiger partial charge in [0.25, 0.3) is 0 Å². The molecule has 0 bridgehead atoms. The second-order valence-electron chi connectivity index (χ2n) is 5.51. The zero-order valence-corrected chi connectivity index (χ0v) is 13.7. The smallest absolute Gasteiger partial charge is 0.137 e. The Balaban J connectivity index is 2.08. The summed E-state index contributed by atoms with van der Waals surface area (Å²) in [6.07, 6.45) is 2.18. The average Bonchev–Trinajstić information content (AvgIpc) is 2.86. The van der Waals surface area contributed by atoms with Gasteiger partial charge in [0.05, 0.1) is 35.0 Å². The van der Waals surface area contributed by atoms with Crippen LogP contribution < -0.4 is 4.74 Å². The maximum absolute atomic E-state index is 9.14. The second-order valence-corrected chi connectivity index (χ2v) is 5.94. The standard InChI is InChI=1S/C18H16ClN3O/c1-12(2)23-15-6-3-13(4-7-15)18-16(9-10-20)22-11-14(19)5-8-17(22)21-18/h3-8,11-12H,9H2,1-2H3. The molecule has 0 aliphatic heterocycles. The summed E-state index contributed by atoms with van der Waals surface area (Å²) < 4.78 is 7.54. The third kappa shape index (κ3) is 3.15. The van der Waals surface area contributed by atoms with Gasteiger partial charge in [-0.25, -0.2) is 4.98 Å². The number of rotatable bonds is 4. The molecule has 116 valence electrons. The molecule has 0 spiro atoms. The Hall–Kier alpha value is -2.51. The number of hydrogen-bond donors (Lipinski definition) is 0. The van der Waals surface area contributed by atoms with Crippen molar-refractivity contribution in [3.05, 3.63) is 53.3 Å². The van der Waals surface area contributed by atoms with Crippen molar-refractivity contribution in [2.24, 2.45) is 0 Å². The van der Waals surface area contributed by atoms with E-state index in [0.29, 0.717) is 5.02 Å². The van der Waals surface area contributed by atoms with E-state index in [0.717, 1.165) is 28.3 Å². The van der Waals surface area contributed by atoms with Crippen molar-refractivity contribution in [3.8, 4) is 23.1 Å². The first-order chi connectivity index (χ1) is 11.1. The van der Waals surface area contributed by atoms with E-state index in [9.17, 15) is 0 Å². The van der Waals surface area contributed by atoms with Crippen LogP contribution >= 0.6 is 11.6 Å². The molecule has 23 heavy (non-hydrogen) atoms. The summed E-state index contributed by atoms with van der Waals surface area (Å²) in [5, 5.41) is 9.75. The number of pyridine rings is 1. The highest BCUT2D eigenvalue weighted by Crippen LogP contribution is 2.28. The Morgan fingerprint density at radius 3 is 2.61 bits per heavy atom. The van der Waals surface area contributed by atoms with Crippen LogP contribution in [0.1, 0.15) is 19.5 Å². The lowest BCUT2D eigenvalue weighted by Crippen LogP contribution is -2.05. The normalized spacial score (nSPS) is 10.9. The van der Waals surface area contributed by atoms with Crippen molar-refractivity contribution < 1.29 is 4.74 Å². The van der Waals surface area contributed by atoms with Gasteiger partial charge >= 0.3 is 0 Å². The molecule has 3 rings (SSSR count). The summed E-state index contributed by atoms with van der Waals surface area (Å²) in [4.78, 5) is 4.65. The highest BCUT2D eigenvalue weighted by atomic mass is 35.5. The minimum absolute atomic E-state index is 0.132. The van der Waals surface area contributed by atoms with Crippen molar-refractivity contribution in [3.63, 3.8) is 0 Å². The third-order valence-corrected chi connectivity index (χ3v) is 3.65. The molecule has 0 aliphatic rings. The van der Waals surface area contributed by atoms with Gasteiger partial charge in [0.15, 0.2) is 0 Å². The van der Waals surface area contributed by atoms with E-state index in [-0.39, 0.29) is 12.5 Å². The van der Waals surface area contributed by atoms with Gasteiger partial charge in [-0.3, -0.25) is 0 Å².